The molecule has 0 bridgehead atoms. The van der Waals surface area contributed by atoms with Crippen LogP contribution in [0.15, 0.2) is 48.5 Å². The molecule has 0 aliphatic carbocycles. The summed E-state index contributed by atoms with van der Waals surface area (Å²) in [6, 6.07) is 12.3. The molecule has 3 aliphatic heterocycles. The lowest BCUT2D eigenvalue weighted by Crippen LogP contribution is -2.36. The highest BCUT2D eigenvalue weighted by Crippen LogP contribution is 2.45. The van der Waals surface area contributed by atoms with E-state index >= 15 is 0 Å². The standard InChI is InChI=1S/C32H31ClN4O5/c1-18-29-19(3-4-20-5-10-26(42-30(20)29)23-7-6-21(33)15-27(23)40-2)11-13-36(18)17-28-34-24-8-9-25(32(38)39)35-31(24)37(28)16-22-12-14-41-22/h3-10,15,18,22,26H,11-14,16-17H2,1-2H3,(H,38,39)/t18?,22-,26+/m0/s1/i2D3. The van der Waals surface area contributed by atoms with E-state index in [1.165, 1.54) is 17.7 Å². The molecule has 7 rings (SSSR count). The molecule has 1 N–H and O–H groups in total. The van der Waals surface area contributed by atoms with Crippen molar-refractivity contribution in [2.24, 2.45) is 0 Å². The van der Waals surface area contributed by atoms with Crippen LogP contribution in [0.5, 0.6) is 11.5 Å². The van der Waals surface area contributed by atoms with Crippen LogP contribution in [0.1, 0.15) is 68.2 Å². The molecule has 1 fully saturated rings. The van der Waals surface area contributed by atoms with Crippen LogP contribution in [0.25, 0.3) is 17.2 Å². The minimum Gasteiger partial charge on any atom is -0.496 e. The van der Waals surface area contributed by atoms with Crippen molar-refractivity contribution in [3.63, 3.8) is 0 Å². The van der Waals surface area contributed by atoms with Gasteiger partial charge in [-0.15, -0.1) is 0 Å². The fraction of sp³-hybridized carbons (Fsp3) is 0.344. The molecule has 10 heteroatoms. The van der Waals surface area contributed by atoms with Gasteiger partial charge in [-0.3, -0.25) is 4.90 Å². The molecule has 9 nitrogen and oxygen atoms in total. The Kier molecular flexibility index (Phi) is 6.03. The highest BCUT2D eigenvalue weighted by molar-refractivity contribution is 6.30. The molecule has 5 heterocycles. The Bertz CT molecular complexity index is 1840. The number of pyridine rings is 1. The number of nitrogens with zero attached hydrogens (tertiary/aromatic N) is 4. The summed E-state index contributed by atoms with van der Waals surface area (Å²) >= 11 is 6.19. The number of carbonyl (C=O) groups is 1. The smallest absolute Gasteiger partial charge is 0.354 e. The zero-order valence-corrected chi connectivity index (χ0v) is 23.7. The van der Waals surface area contributed by atoms with Gasteiger partial charge in [0.15, 0.2) is 11.3 Å². The van der Waals surface area contributed by atoms with Gasteiger partial charge in [0, 0.05) is 40.9 Å². The quantitative estimate of drug-likeness (QED) is 0.287. The molecule has 3 aliphatic rings. The maximum Gasteiger partial charge on any atom is 0.354 e. The van der Waals surface area contributed by atoms with Crippen molar-refractivity contribution >= 4 is 34.8 Å². The summed E-state index contributed by atoms with van der Waals surface area (Å²) in [5.74, 6) is 0.604. The average molecular weight is 590 g/mol. The molecule has 1 unspecified atom stereocenters. The van der Waals surface area contributed by atoms with E-state index in [0.29, 0.717) is 41.4 Å². The van der Waals surface area contributed by atoms with E-state index in [4.69, 9.17) is 34.9 Å². The largest absolute Gasteiger partial charge is 0.496 e. The maximum atomic E-state index is 11.7. The molecule has 0 saturated carbocycles. The molecule has 1 saturated heterocycles. The van der Waals surface area contributed by atoms with Crippen LogP contribution >= 0.6 is 11.6 Å². The number of imidazole rings is 1. The van der Waals surface area contributed by atoms with Crippen LogP contribution in [0.3, 0.4) is 0 Å². The Labute approximate surface area is 252 Å². The fourth-order valence-electron chi connectivity index (χ4n) is 6.10. The summed E-state index contributed by atoms with van der Waals surface area (Å²) in [7, 11) is -2.64. The van der Waals surface area contributed by atoms with Crippen molar-refractivity contribution in [3.8, 4) is 11.5 Å². The normalized spacial score (nSPS) is 22.7. The van der Waals surface area contributed by atoms with Crippen molar-refractivity contribution in [3.05, 3.63) is 87.3 Å². The lowest BCUT2D eigenvalue weighted by molar-refractivity contribution is -0.0593. The Morgan fingerprint density at radius 3 is 2.90 bits per heavy atom. The Balaban J connectivity index is 1.21. The third-order valence-corrected chi connectivity index (χ3v) is 8.69. The van der Waals surface area contributed by atoms with Crippen molar-refractivity contribution in [2.45, 2.75) is 51.1 Å². The number of carboxylic acids is 1. The molecule has 0 spiro atoms. The molecule has 42 heavy (non-hydrogen) atoms. The molecule has 4 aromatic rings. The van der Waals surface area contributed by atoms with Crippen LogP contribution in [0.2, 0.25) is 5.02 Å². The van der Waals surface area contributed by atoms with E-state index in [-0.39, 0.29) is 23.6 Å². The number of ether oxygens (including phenoxy) is 3. The maximum absolute atomic E-state index is 11.7. The topological polar surface area (TPSA) is 98.9 Å². The van der Waals surface area contributed by atoms with Gasteiger partial charge in [0.1, 0.15) is 28.9 Å². The number of halogens is 1. The molecule has 216 valence electrons. The molecule has 2 aromatic heterocycles. The van der Waals surface area contributed by atoms with Gasteiger partial charge in [-0.25, -0.2) is 14.8 Å². The van der Waals surface area contributed by atoms with Gasteiger partial charge < -0.3 is 23.9 Å². The van der Waals surface area contributed by atoms with Crippen LogP contribution in [-0.2, 0) is 24.2 Å². The minimum atomic E-state index is -2.64. The Morgan fingerprint density at radius 2 is 2.12 bits per heavy atom. The average Bonchev–Trinajstić information content (AvgIpc) is 3.31. The van der Waals surface area contributed by atoms with Gasteiger partial charge in [0.05, 0.1) is 30.3 Å². The van der Waals surface area contributed by atoms with Crippen molar-refractivity contribution in [1.29, 1.82) is 0 Å². The number of rotatable bonds is 7. The minimum absolute atomic E-state index is 0.0236. The van der Waals surface area contributed by atoms with Crippen LogP contribution in [0.4, 0.5) is 0 Å². The van der Waals surface area contributed by atoms with E-state index < -0.39 is 19.1 Å². The zero-order chi connectivity index (χ0) is 31.5. The van der Waals surface area contributed by atoms with Crippen molar-refractivity contribution in [2.75, 3.05) is 20.2 Å². The number of fused-ring (bicyclic) bond motifs is 4. The summed E-state index contributed by atoms with van der Waals surface area (Å²) in [5, 5.41) is 9.92. The molecule has 2 aromatic carbocycles. The number of benzene rings is 2. The molecule has 3 atom stereocenters. The first kappa shape index (κ1) is 23.6. The predicted octanol–water partition coefficient (Wildman–Crippen LogP) is 5.85. The van der Waals surface area contributed by atoms with Crippen LogP contribution in [-0.4, -0.2) is 56.8 Å². The first-order chi connectivity index (χ1) is 21.5. The fourth-order valence-corrected chi connectivity index (χ4v) is 6.26. The van der Waals surface area contributed by atoms with Crippen molar-refractivity contribution < 1.29 is 28.2 Å². The Morgan fingerprint density at radius 1 is 1.24 bits per heavy atom. The van der Waals surface area contributed by atoms with Gasteiger partial charge in [-0.05, 0) is 61.7 Å². The first-order valence-electron chi connectivity index (χ1n) is 15.5. The second-order valence-electron chi connectivity index (χ2n) is 10.9. The second kappa shape index (κ2) is 10.7. The van der Waals surface area contributed by atoms with Gasteiger partial charge in [-0.1, -0.05) is 29.8 Å². The highest BCUT2D eigenvalue weighted by atomic mass is 35.5. The second-order valence-corrected chi connectivity index (χ2v) is 11.3. The number of hydrogen-bond acceptors (Lipinski definition) is 7. The lowest BCUT2D eigenvalue weighted by atomic mass is 9.89. The van der Waals surface area contributed by atoms with E-state index in [1.54, 1.807) is 18.2 Å². The molecular weight excluding hydrogens is 556 g/mol. The van der Waals surface area contributed by atoms with Gasteiger partial charge in [-0.2, -0.15) is 0 Å². The number of aromatic nitrogens is 3. The van der Waals surface area contributed by atoms with Crippen LogP contribution in [0, 0.1) is 0 Å². The predicted molar refractivity (Wildman–Crippen MR) is 158 cm³/mol. The number of methoxy groups -OCH3 is 1. The van der Waals surface area contributed by atoms with E-state index in [2.05, 4.69) is 28.9 Å². The summed E-state index contributed by atoms with van der Waals surface area (Å²) in [5.41, 5.74) is 4.91. The summed E-state index contributed by atoms with van der Waals surface area (Å²) in [6.07, 6.45) is 5.06. The SMILES string of the molecule is [2H]C([2H])([2H])Oc1cc(Cl)ccc1[C@H]1C=Cc2ccc3c(c2O1)C(C)N(Cc1nc2ccc(C(=O)O)nc2n1C[C@@H]1CCO1)CC3. The number of aromatic carboxylic acids is 1. The first-order valence-corrected chi connectivity index (χ1v) is 14.4. The lowest BCUT2D eigenvalue weighted by Gasteiger charge is -2.38. The summed E-state index contributed by atoms with van der Waals surface area (Å²) in [6.45, 7) is 4.71. The summed E-state index contributed by atoms with van der Waals surface area (Å²) in [4.78, 5) is 23.3. The molecular formula is C32H31ClN4O5. The van der Waals surface area contributed by atoms with Gasteiger partial charge in [0.25, 0.3) is 0 Å². The highest BCUT2D eigenvalue weighted by Gasteiger charge is 2.33. The van der Waals surface area contributed by atoms with Gasteiger partial charge >= 0.3 is 5.97 Å². The zero-order valence-electron chi connectivity index (χ0n) is 25.9. The number of carboxylic acid groups (broad SMARTS) is 1. The third kappa shape index (κ3) is 4.71. The van der Waals surface area contributed by atoms with Crippen LogP contribution < -0.4 is 9.47 Å². The van der Waals surface area contributed by atoms with Crippen molar-refractivity contribution in [1.82, 2.24) is 19.4 Å². The molecule has 0 radical (unpaired) electrons. The monoisotopic (exact) mass is 589 g/mol. The Hall–Kier alpha value is -3.92. The third-order valence-electron chi connectivity index (χ3n) is 8.45. The van der Waals surface area contributed by atoms with E-state index in [1.807, 2.05) is 16.7 Å². The van der Waals surface area contributed by atoms with E-state index in [0.717, 1.165) is 42.1 Å². The van der Waals surface area contributed by atoms with E-state index in [9.17, 15) is 9.90 Å². The summed E-state index contributed by atoms with van der Waals surface area (Å²) < 4.78 is 42.5. The molecule has 0 amide bonds. The van der Waals surface area contributed by atoms with Gasteiger partial charge in [0.2, 0.25) is 0 Å². The number of hydrogen-bond donors (Lipinski definition) is 1.